The van der Waals surface area contributed by atoms with E-state index in [1.54, 1.807) is 0 Å². The molecular weight excluding hydrogens is 550 g/mol. The number of morpholine rings is 1. The van der Waals surface area contributed by atoms with Crippen molar-refractivity contribution in [2.45, 2.75) is 40.0 Å². The molecule has 6 rings (SSSR count). The summed E-state index contributed by atoms with van der Waals surface area (Å²) in [5.74, 6) is 1.59. The van der Waals surface area contributed by atoms with Crippen LogP contribution in [0.3, 0.4) is 0 Å². The fourth-order valence-electron chi connectivity index (χ4n) is 5.93. The molecule has 2 aromatic carbocycles. The van der Waals surface area contributed by atoms with Gasteiger partial charge in [0.15, 0.2) is 0 Å². The molecule has 0 N–H and O–H groups in total. The van der Waals surface area contributed by atoms with E-state index in [9.17, 15) is 5.26 Å². The molecular formula is C37H35N3O2S. The minimum atomic E-state index is -0.281. The minimum Gasteiger partial charge on any atom is -0.461 e. The van der Waals surface area contributed by atoms with Gasteiger partial charge in [-0.3, -0.25) is 0 Å². The van der Waals surface area contributed by atoms with E-state index < -0.39 is 0 Å². The van der Waals surface area contributed by atoms with Gasteiger partial charge < -0.3 is 14.4 Å². The van der Waals surface area contributed by atoms with Gasteiger partial charge in [0.1, 0.15) is 16.5 Å². The lowest BCUT2D eigenvalue weighted by atomic mass is 9.82. The first kappa shape index (κ1) is 28.7. The highest BCUT2D eigenvalue weighted by molar-refractivity contribution is 7.18. The number of allylic oxidation sites excluding steroid dienone is 6. The molecule has 0 radical (unpaired) electrons. The molecule has 0 spiro atoms. The van der Waals surface area contributed by atoms with Crippen molar-refractivity contribution in [2.24, 2.45) is 5.41 Å². The van der Waals surface area contributed by atoms with Crippen LogP contribution in [-0.2, 0) is 9.47 Å². The Bertz CT molecular complexity index is 1720. The molecule has 3 aromatic rings. The van der Waals surface area contributed by atoms with E-state index in [1.165, 1.54) is 32.1 Å². The van der Waals surface area contributed by atoms with Gasteiger partial charge in [-0.2, -0.15) is 0 Å². The Kier molecular flexibility index (Phi) is 8.08. The maximum atomic E-state index is 9.85. The average Bonchev–Trinajstić information content (AvgIpc) is 3.41. The van der Waals surface area contributed by atoms with Gasteiger partial charge in [0.25, 0.3) is 5.70 Å². The quantitative estimate of drug-likeness (QED) is 0.226. The molecule has 5 nitrogen and oxygen atoms in total. The van der Waals surface area contributed by atoms with Gasteiger partial charge in [-0.15, -0.1) is 11.3 Å². The van der Waals surface area contributed by atoms with Crippen molar-refractivity contribution >= 4 is 22.4 Å². The Morgan fingerprint density at radius 2 is 1.63 bits per heavy atom. The second-order valence-corrected chi connectivity index (χ2v) is 13.1. The van der Waals surface area contributed by atoms with Crippen LogP contribution in [0.2, 0.25) is 0 Å². The standard InChI is InChI=1S/C37H35N3O2S/c1-37(2,3)32-23-29(30(24-38)39-4)28-17-11-16-27(35(28)42-32)22-31-33(25-12-7-5-8-13-25)34(26-14-9-6-10-15-26)36(43-31)40-18-20-41-21-19-40/h5-10,12-15,22-23H,11,16-21H2,1-3H3/b27-22+,30-29+. The lowest BCUT2D eigenvalue weighted by Gasteiger charge is -2.33. The Morgan fingerprint density at radius 1 is 0.977 bits per heavy atom. The summed E-state index contributed by atoms with van der Waals surface area (Å²) in [5, 5.41) is 11.1. The molecule has 0 saturated carbocycles. The number of ether oxygens (including phenoxy) is 2. The summed E-state index contributed by atoms with van der Waals surface area (Å²) in [6, 6.07) is 23.5. The SMILES string of the molecule is [C-]#[N+]/C(C#N)=C1\C=C(C(C)(C)C)OC2=C1CCC/C2=C\c1sc(N2CCOCC2)c(-c2ccccc2)c1-c1ccccc1. The van der Waals surface area contributed by atoms with Crippen molar-refractivity contribution in [1.82, 2.24) is 0 Å². The molecule has 216 valence electrons. The predicted octanol–water partition coefficient (Wildman–Crippen LogP) is 9.40. The number of nitriles is 1. The summed E-state index contributed by atoms with van der Waals surface area (Å²) in [4.78, 5) is 7.25. The molecule has 3 heterocycles. The van der Waals surface area contributed by atoms with Crippen molar-refractivity contribution in [3.63, 3.8) is 0 Å². The summed E-state index contributed by atoms with van der Waals surface area (Å²) in [7, 11) is 0. The molecule has 0 atom stereocenters. The fourth-order valence-corrected chi connectivity index (χ4v) is 7.30. The molecule has 43 heavy (non-hydrogen) atoms. The molecule has 1 fully saturated rings. The van der Waals surface area contributed by atoms with E-state index in [0.717, 1.165) is 55.0 Å². The van der Waals surface area contributed by atoms with Crippen LogP contribution in [0.1, 0.15) is 44.9 Å². The number of rotatable bonds is 4. The van der Waals surface area contributed by atoms with Crippen LogP contribution in [0, 0.1) is 23.3 Å². The molecule has 1 aromatic heterocycles. The highest BCUT2D eigenvalue weighted by Crippen LogP contribution is 2.51. The summed E-state index contributed by atoms with van der Waals surface area (Å²) in [6.07, 6.45) is 6.80. The van der Waals surface area contributed by atoms with E-state index >= 15 is 0 Å². The number of nitrogens with zero attached hydrogens (tertiary/aromatic N) is 3. The monoisotopic (exact) mass is 585 g/mol. The van der Waals surface area contributed by atoms with Crippen LogP contribution in [0.15, 0.2) is 101 Å². The molecule has 6 heteroatoms. The van der Waals surface area contributed by atoms with Crippen molar-refractivity contribution in [3.05, 3.63) is 117 Å². The van der Waals surface area contributed by atoms with Crippen molar-refractivity contribution < 1.29 is 9.47 Å². The van der Waals surface area contributed by atoms with Crippen molar-refractivity contribution in [2.75, 3.05) is 31.2 Å². The molecule has 1 saturated heterocycles. The van der Waals surface area contributed by atoms with Gasteiger partial charge in [0, 0.05) is 40.1 Å². The van der Waals surface area contributed by atoms with E-state index in [2.05, 4.69) is 103 Å². The zero-order chi connectivity index (χ0) is 30.0. The summed E-state index contributed by atoms with van der Waals surface area (Å²) in [5.41, 5.74) is 7.47. The summed E-state index contributed by atoms with van der Waals surface area (Å²) in [6.45, 7) is 17.1. The maximum Gasteiger partial charge on any atom is 0.269 e. The third-order valence-corrected chi connectivity index (χ3v) is 9.31. The maximum absolute atomic E-state index is 9.85. The van der Waals surface area contributed by atoms with Gasteiger partial charge in [-0.1, -0.05) is 81.4 Å². The van der Waals surface area contributed by atoms with E-state index in [1.807, 2.05) is 17.4 Å². The molecule has 0 unspecified atom stereocenters. The topological polar surface area (TPSA) is 49.8 Å². The first-order valence-electron chi connectivity index (χ1n) is 14.9. The number of benzene rings is 2. The summed E-state index contributed by atoms with van der Waals surface area (Å²) >= 11 is 1.83. The normalized spacial score (nSPS) is 19.2. The lowest BCUT2D eigenvalue weighted by Crippen LogP contribution is -2.35. The smallest absolute Gasteiger partial charge is 0.269 e. The fraction of sp³-hybridized carbons (Fsp3) is 0.297. The van der Waals surface area contributed by atoms with Gasteiger partial charge >= 0.3 is 0 Å². The number of thiophene rings is 1. The Balaban J connectivity index is 1.59. The van der Waals surface area contributed by atoms with E-state index in [0.29, 0.717) is 18.8 Å². The predicted molar refractivity (Wildman–Crippen MR) is 175 cm³/mol. The molecule has 3 aliphatic rings. The van der Waals surface area contributed by atoms with E-state index in [-0.39, 0.29) is 11.1 Å². The Labute approximate surface area is 258 Å². The van der Waals surface area contributed by atoms with Gasteiger partial charge in [0.05, 0.1) is 25.9 Å². The second kappa shape index (κ2) is 12.1. The molecule has 0 amide bonds. The first-order chi connectivity index (χ1) is 20.9. The third-order valence-electron chi connectivity index (χ3n) is 8.11. The largest absolute Gasteiger partial charge is 0.461 e. The third kappa shape index (κ3) is 5.69. The van der Waals surface area contributed by atoms with Crippen LogP contribution in [0.4, 0.5) is 5.00 Å². The zero-order valence-electron chi connectivity index (χ0n) is 24.9. The van der Waals surface area contributed by atoms with E-state index in [4.69, 9.17) is 16.0 Å². The lowest BCUT2D eigenvalue weighted by molar-refractivity contribution is 0.123. The highest BCUT2D eigenvalue weighted by atomic mass is 32.1. The minimum absolute atomic E-state index is 0.126. The highest BCUT2D eigenvalue weighted by Gasteiger charge is 2.33. The van der Waals surface area contributed by atoms with Crippen molar-refractivity contribution in [1.29, 1.82) is 5.26 Å². The van der Waals surface area contributed by atoms with Gasteiger partial charge in [0.2, 0.25) is 0 Å². The zero-order valence-corrected chi connectivity index (χ0v) is 25.8. The first-order valence-corrected chi connectivity index (χ1v) is 15.7. The van der Waals surface area contributed by atoms with Crippen LogP contribution in [0.25, 0.3) is 33.2 Å². The molecule has 1 aliphatic carbocycles. The average molecular weight is 586 g/mol. The molecule has 0 bridgehead atoms. The molecule has 2 aliphatic heterocycles. The number of hydrogen-bond acceptors (Lipinski definition) is 5. The number of anilines is 1. The van der Waals surface area contributed by atoms with Gasteiger partial charge in [-0.05, 0) is 53.7 Å². The van der Waals surface area contributed by atoms with Crippen LogP contribution < -0.4 is 4.90 Å². The van der Waals surface area contributed by atoms with Crippen LogP contribution in [-0.4, -0.2) is 26.3 Å². The van der Waals surface area contributed by atoms with Crippen molar-refractivity contribution in [3.8, 4) is 28.3 Å². The second-order valence-electron chi connectivity index (χ2n) is 12.0. The van der Waals surface area contributed by atoms with Gasteiger partial charge in [-0.25, -0.2) is 10.1 Å². The van der Waals surface area contributed by atoms with Crippen LogP contribution >= 0.6 is 11.3 Å². The summed E-state index contributed by atoms with van der Waals surface area (Å²) < 4.78 is 12.4. The Hall–Kier alpha value is -4.36. The van der Waals surface area contributed by atoms with Crippen LogP contribution in [0.5, 0.6) is 0 Å². The number of hydrogen-bond donors (Lipinski definition) is 0. The Morgan fingerprint density at radius 3 is 2.23 bits per heavy atom.